The van der Waals surface area contributed by atoms with Crippen molar-refractivity contribution in [2.45, 2.75) is 108 Å². The minimum Gasteiger partial charge on any atom is -0.390 e. The Labute approximate surface area is 374 Å². The van der Waals surface area contributed by atoms with E-state index in [-0.39, 0.29) is 50.0 Å². The summed E-state index contributed by atoms with van der Waals surface area (Å²) in [5.74, 6) is -5.85. The molecule has 4 fully saturated rings. The number of nitrogens with zero attached hydrogens (tertiary/aromatic N) is 1. The number of carbonyl (C=O) groups excluding carboxylic acids is 7. The normalized spacial score (nSPS) is 34.2. The van der Waals surface area contributed by atoms with E-state index in [1.54, 1.807) is 38.1 Å². The van der Waals surface area contributed by atoms with Crippen molar-refractivity contribution in [1.29, 1.82) is 0 Å². The standard InChI is InChI=1S/C49H53F2N3O11/c1-26(18-37(57)27(2)52-41(60)15-17-54-42(61)12-13-43(54)62)44(63)53-31-7-5-6-29(20-31)19-28-8-10-30(11-9-28)45-64-40-23-33-34-22-36(50)35-21-32(56)14-16-46(35,3)48(34,51)38(58)24-47(33,4)49(40,65-45)39(59)25-55/h5-14,16,20-21,26-27,33-34,36,38,40,45,55,58H,15,17-19,22-25H2,1-4H3,(H,52,60)(H,53,63)/t26-,27+,33+,34+,36+,38+,40?,45?,46+,47+,48+,49-/m1/s1. The zero-order valence-corrected chi connectivity index (χ0v) is 36.6. The fourth-order valence-electron chi connectivity index (χ4n) is 11.6. The molecule has 14 nitrogen and oxygen atoms in total. The van der Waals surface area contributed by atoms with E-state index in [0.29, 0.717) is 17.7 Å². The maximum atomic E-state index is 17.7. The van der Waals surface area contributed by atoms with E-state index in [1.165, 1.54) is 26.0 Å². The molecule has 16 heteroatoms. The van der Waals surface area contributed by atoms with E-state index < -0.39 is 112 Å². The van der Waals surface area contributed by atoms with Crippen LogP contribution in [0.5, 0.6) is 0 Å². The second kappa shape index (κ2) is 17.0. The molecule has 4 aliphatic carbocycles. The van der Waals surface area contributed by atoms with E-state index in [4.69, 9.17) is 9.47 Å². The number of rotatable bonds is 14. The summed E-state index contributed by atoms with van der Waals surface area (Å²) >= 11 is 0. The number of amides is 4. The largest absolute Gasteiger partial charge is 0.390 e. The van der Waals surface area contributed by atoms with Gasteiger partial charge in [-0.25, -0.2) is 8.78 Å². The molecule has 65 heavy (non-hydrogen) atoms. The van der Waals surface area contributed by atoms with Crippen LogP contribution in [0.1, 0.15) is 82.8 Å². The van der Waals surface area contributed by atoms with Gasteiger partial charge in [0.1, 0.15) is 12.8 Å². The van der Waals surface area contributed by atoms with Crippen molar-refractivity contribution in [3.63, 3.8) is 0 Å². The summed E-state index contributed by atoms with van der Waals surface area (Å²) in [6.07, 6.45) is 0.406. The molecule has 0 bridgehead atoms. The van der Waals surface area contributed by atoms with Crippen molar-refractivity contribution in [3.8, 4) is 0 Å². The Bertz CT molecular complexity index is 2420. The lowest BCUT2D eigenvalue weighted by molar-refractivity contribution is -0.235. The Morgan fingerprint density at radius 2 is 1.66 bits per heavy atom. The maximum absolute atomic E-state index is 17.7. The second-order valence-corrected chi connectivity index (χ2v) is 18.9. The number of nitrogens with one attached hydrogen (secondary N) is 2. The van der Waals surface area contributed by atoms with Gasteiger partial charge in [0.15, 0.2) is 34.9 Å². The third kappa shape index (κ3) is 7.61. The number of halogens is 2. The van der Waals surface area contributed by atoms with E-state index >= 15 is 8.78 Å². The van der Waals surface area contributed by atoms with Crippen molar-refractivity contribution in [1.82, 2.24) is 10.2 Å². The first-order chi connectivity index (χ1) is 30.7. The lowest BCUT2D eigenvalue weighted by Gasteiger charge is -2.63. The summed E-state index contributed by atoms with van der Waals surface area (Å²) in [5.41, 5.74) is -4.11. The average Bonchev–Trinajstić information content (AvgIpc) is 3.89. The number of Topliss-reactive ketones (excluding diaryl/α,β-unsaturated/α-hetero) is 2. The van der Waals surface area contributed by atoms with Crippen LogP contribution in [-0.4, -0.2) is 105 Å². The Hall–Kier alpha value is -5.55. The van der Waals surface area contributed by atoms with Crippen LogP contribution in [-0.2, 0) is 49.5 Å². The number of ether oxygens (including phenoxy) is 2. The number of anilines is 1. The van der Waals surface area contributed by atoms with E-state index in [9.17, 15) is 43.8 Å². The molecule has 2 unspecified atom stereocenters. The lowest BCUT2D eigenvalue weighted by Crippen LogP contribution is -2.70. The van der Waals surface area contributed by atoms with Crippen molar-refractivity contribution in [2.75, 3.05) is 18.5 Å². The number of carbonyl (C=O) groups is 7. The van der Waals surface area contributed by atoms with Crippen LogP contribution in [0, 0.1) is 28.6 Å². The van der Waals surface area contributed by atoms with Crippen LogP contribution in [0.15, 0.2) is 84.5 Å². The van der Waals surface area contributed by atoms with E-state index in [1.807, 2.05) is 24.3 Å². The molecule has 344 valence electrons. The Morgan fingerprint density at radius 3 is 2.35 bits per heavy atom. The van der Waals surface area contributed by atoms with Crippen LogP contribution >= 0.6 is 0 Å². The highest BCUT2D eigenvalue weighted by Gasteiger charge is 2.80. The van der Waals surface area contributed by atoms with E-state index in [2.05, 4.69) is 10.6 Å². The predicted molar refractivity (Wildman–Crippen MR) is 229 cm³/mol. The number of hydrogen-bond donors (Lipinski definition) is 4. The number of ketones is 3. The molecule has 2 aliphatic heterocycles. The molecule has 1 saturated heterocycles. The topological polar surface area (TPSA) is 206 Å². The lowest BCUT2D eigenvalue weighted by atomic mass is 9.44. The van der Waals surface area contributed by atoms with Gasteiger partial charge in [0.05, 0.1) is 18.2 Å². The molecule has 2 aromatic carbocycles. The zero-order valence-electron chi connectivity index (χ0n) is 36.6. The molecule has 0 aromatic heterocycles. The Kier molecular flexibility index (Phi) is 12.0. The van der Waals surface area contributed by atoms with Crippen LogP contribution in [0.25, 0.3) is 0 Å². The first-order valence-electron chi connectivity index (χ1n) is 22.0. The van der Waals surface area contributed by atoms with Crippen LogP contribution in [0.2, 0.25) is 0 Å². The monoisotopic (exact) mass is 897 g/mol. The average molecular weight is 898 g/mol. The molecular formula is C49H53F2N3O11. The number of aliphatic hydroxyl groups is 2. The second-order valence-electron chi connectivity index (χ2n) is 18.9. The smallest absolute Gasteiger partial charge is 0.253 e. The molecule has 3 saturated carbocycles. The molecule has 8 rings (SSSR count). The molecule has 4 amide bonds. The van der Waals surface area contributed by atoms with Crippen LogP contribution in [0.4, 0.5) is 14.5 Å². The number of allylic oxidation sites excluding steroid dienone is 4. The maximum Gasteiger partial charge on any atom is 0.253 e. The fraction of sp³-hybridized carbons (Fsp3) is 0.490. The SMILES string of the molecule is C[C@H](CC(=O)[C@H](C)NC(=O)CCN1C(=O)C=CC1=O)C(=O)Nc1cccc(Cc2ccc(C3OC4C[C@H]5[C@@H]6C[C@H](F)C7=CC(=O)C=C[C@]7(C)[C@@]6(F)[C@@H](O)C[C@]5(C)[C@]4(C(=O)CO)O3)cc2)c1. The number of alkyl halides is 2. The number of hydrogen-bond acceptors (Lipinski definition) is 11. The van der Waals surface area contributed by atoms with Crippen LogP contribution in [0.3, 0.4) is 0 Å². The van der Waals surface area contributed by atoms with Crippen molar-refractivity contribution >= 4 is 46.7 Å². The molecule has 6 aliphatic rings. The van der Waals surface area contributed by atoms with Gasteiger partial charge in [0, 0.05) is 65.5 Å². The highest BCUT2D eigenvalue weighted by atomic mass is 19.1. The van der Waals surface area contributed by atoms with Gasteiger partial charge in [-0.1, -0.05) is 56.3 Å². The quantitative estimate of drug-likeness (QED) is 0.197. The number of fused-ring (bicyclic) bond motifs is 7. The Balaban J connectivity index is 0.887. The number of benzene rings is 2. The summed E-state index contributed by atoms with van der Waals surface area (Å²) in [6.45, 7) is 5.35. The molecule has 0 spiro atoms. The fourth-order valence-corrected chi connectivity index (χ4v) is 11.6. The zero-order chi connectivity index (χ0) is 46.8. The van der Waals surface area contributed by atoms with Gasteiger partial charge in [0.25, 0.3) is 11.8 Å². The minimum atomic E-state index is -2.35. The van der Waals surface area contributed by atoms with E-state index in [0.717, 1.165) is 34.3 Å². The highest BCUT2D eigenvalue weighted by Crippen LogP contribution is 2.72. The summed E-state index contributed by atoms with van der Waals surface area (Å²) in [4.78, 5) is 88.9. The van der Waals surface area contributed by atoms with Crippen LogP contribution < -0.4 is 10.6 Å². The first kappa shape index (κ1) is 46.0. The van der Waals surface area contributed by atoms with Gasteiger partial charge in [-0.3, -0.25) is 38.5 Å². The van der Waals surface area contributed by atoms with Gasteiger partial charge >= 0.3 is 0 Å². The molecule has 12 atom stereocenters. The Morgan fingerprint density at radius 1 is 0.954 bits per heavy atom. The number of aliphatic hydroxyl groups excluding tert-OH is 2. The molecular weight excluding hydrogens is 845 g/mol. The highest BCUT2D eigenvalue weighted by molar-refractivity contribution is 6.13. The summed E-state index contributed by atoms with van der Waals surface area (Å²) in [5, 5.41) is 27.5. The predicted octanol–water partition coefficient (Wildman–Crippen LogP) is 4.27. The third-order valence-corrected chi connectivity index (χ3v) is 15.1. The minimum absolute atomic E-state index is 0.000820. The summed E-state index contributed by atoms with van der Waals surface area (Å²) in [7, 11) is 0. The van der Waals surface area contributed by atoms with Gasteiger partial charge in [-0.05, 0) is 86.4 Å². The van der Waals surface area contributed by atoms with Gasteiger partial charge in [-0.2, -0.15) is 0 Å². The third-order valence-electron chi connectivity index (χ3n) is 15.1. The molecule has 4 N–H and O–H groups in total. The summed E-state index contributed by atoms with van der Waals surface area (Å²) in [6, 6.07) is 13.6. The molecule has 2 aromatic rings. The molecule has 2 heterocycles. The van der Waals surface area contributed by atoms with Crippen molar-refractivity contribution in [3.05, 3.63) is 101 Å². The van der Waals surface area contributed by atoms with Crippen molar-refractivity contribution < 1.29 is 62.0 Å². The summed E-state index contributed by atoms with van der Waals surface area (Å²) < 4.78 is 46.8. The van der Waals surface area contributed by atoms with Gasteiger partial charge in [0.2, 0.25) is 11.8 Å². The first-order valence-corrected chi connectivity index (χ1v) is 22.0. The van der Waals surface area contributed by atoms with Gasteiger partial charge < -0.3 is 30.3 Å². The molecule has 0 radical (unpaired) electrons. The van der Waals surface area contributed by atoms with Gasteiger partial charge in [-0.15, -0.1) is 0 Å². The number of imide groups is 1. The van der Waals surface area contributed by atoms with Crippen molar-refractivity contribution in [2.24, 2.45) is 28.6 Å².